The summed E-state index contributed by atoms with van der Waals surface area (Å²) in [6.45, 7) is 7.30. The Morgan fingerprint density at radius 2 is 2.14 bits per heavy atom. The van der Waals surface area contributed by atoms with Crippen LogP contribution in [0.5, 0.6) is 0 Å². The molecule has 21 heavy (non-hydrogen) atoms. The summed E-state index contributed by atoms with van der Waals surface area (Å²) in [5.74, 6) is 0.752. The Morgan fingerprint density at radius 3 is 2.71 bits per heavy atom. The second-order valence-corrected chi connectivity index (χ2v) is 4.46. The number of nitrogens with one attached hydrogen (secondary N) is 1. The minimum Gasteiger partial charge on any atom is -0.421 e. The molecule has 0 aliphatic rings. The molecular formula is C15H17N3O3. The van der Waals surface area contributed by atoms with Crippen molar-refractivity contribution in [2.24, 2.45) is 0 Å². The fraction of sp³-hybridized carbons (Fsp3) is 0.267. The highest BCUT2D eigenvalue weighted by Crippen LogP contribution is 2.20. The Balaban J connectivity index is 1.99. The zero-order chi connectivity index (χ0) is 15.2. The molecule has 2 rings (SSSR count). The normalized spacial score (nSPS) is 11.9. The molecule has 0 saturated heterocycles. The molecule has 6 nitrogen and oxygen atoms in total. The van der Waals surface area contributed by atoms with E-state index in [9.17, 15) is 4.79 Å². The number of amides is 1. The first-order valence-corrected chi connectivity index (χ1v) is 6.54. The summed E-state index contributed by atoms with van der Waals surface area (Å²) >= 11 is 0. The Kier molecular flexibility index (Phi) is 4.84. The SMILES string of the molecule is C=CCO[C@@H](C)C(=O)Nc1ccc(-c2nnc(C)o2)cc1. The van der Waals surface area contributed by atoms with Crippen LogP contribution in [0.4, 0.5) is 5.69 Å². The summed E-state index contributed by atoms with van der Waals surface area (Å²) < 4.78 is 10.6. The summed E-state index contributed by atoms with van der Waals surface area (Å²) in [5, 5.41) is 10.5. The average Bonchev–Trinajstić information content (AvgIpc) is 2.92. The van der Waals surface area contributed by atoms with Gasteiger partial charge in [0, 0.05) is 18.2 Å². The number of nitrogens with zero attached hydrogens (tertiary/aromatic N) is 2. The third-order valence-electron chi connectivity index (χ3n) is 2.76. The van der Waals surface area contributed by atoms with Crippen LogP contribution in [0.15, 0.2) is 41.3 Å². The molecule has 0 spiro atoms. The number of carbonyl (C=O) groups is 1. The van der Waals surface area contributed by atoms with Crippen LogP contribution in [0.25, 0.3) is 11.5 Å². The molecular weight excluding hydrogens is 270 g/mol. The number of hydrogen-bond donors (Lipinski definition) is 1. The number of anilines is 1. The predicted molar refractivity (Wildman–Crippen MR) is 78.7 cm³/mol. The molecule has 0 fully saturated rings. The number of benzene rings is 1. The minimum absolute atomic E-state index is 0.210. The van der Waals surface area contributed by atoms with Crippen LogP contribution in [0.3, 0.4) is 0 Å². The number of rotatable bonds is 6. The third-order valence-corrected chi connectivity index (χ3v) is 2.76. The van der Waals surface area contributed by atoms with Crippen molar-refractivity contribution >= 4 is 11.6 Å². The molecule has 1 aromatic carbocycles. The van der Waals surface area contributed by atoms with Crippen LogP contribution in [0, 0.1) is 6.92 Å². The Hall–Kier alpha value is -2.47. The van der Waals surface area contributed by atoms with Gasteiger partial charge in [0.2, 0.25) is 11.8 Å². The Labute approximate surface area is 122 Å². The highest BCUT2D eigenvalue weighted by molar-refractivity contribution is 5.94. The topological polar surface area (TPSA) is 77.2 Å². The van der Waals surface area contributed by atoms with Crippen molar-refractivity contribution in [3.05, 3.63) is 42.8 Å². The van der Waals surface area contributed by atoms with Crippen molar-refractivity contribution in [1.82, 2.24) is 10.2 Å². The van der Waals surface area contributed by atoms with E-state index in [1.165, 1.54) is 0 Å². The van der Waals surface area contributed by atoms with E-state index in [0.29, 0.717) is 24.1 Å². The van der Waals surface area contributed by atoms with Gasteiger partial charge in [-0.1, -0.05) is 6.08 Å². The summed E-state index contributed by atoms with van der Waals surface area (Å²) in [6.07, 6.45) is 1.06. The van der Waals surface area contributed by atoms with Gasteiger partial charge in [-0.15, -0.1) is 16.8 Å². The van der Waals surface area contributed by atoms with Gasteiger partial charge in [-0.2, -0.15) is 0 Å². The number of hydrogen-bond acceptors (Lipinski definition) is 5. The zero-order valence-corrected chi connectivity index (χ0v) is 12.0. The van der Waals surface area contributed by atoms with E-state index >= 15 is 0 Å². The van der Waals surface area contributed by atoms with Gasteiger partial charge in [0.25, 0.3) is 5.91 Å². The van der Waals surface area contributed by atoms with Crippen molar-refractivity contribution in [3.8, 4) is 11.5 Å². The number of ether oxygens (including phenoxy) is 1. The molecule has 1 N–H and O–H groups in total. The lowest BCUT2D eigenvalue weighted by atomic mass is 10.2. The standard InChI is InChI=1S/C15H17N3O3/c1-4-9-20-10(2)14(19)16-13-7-5-12(6-8-13)15-18-17-11(3)21-15/h4-8,10H,1,9H2,2-3H3,(H,16,19)/t10-/m0/s1. The number of aryl methyl sites for hydroxylation is 1. The zero-order valence-electron chi connectivity index (χ0n) is 12.0. The van der Waals surface area contributed by atoms with Crippen molar-refractivity contribution < 1.29 is 13.9 Å². The Morgan fingerprint density at radius 1 is 1.43 bits per heavy atom. The number of aromatic nitrogens is 2. The molecule has 0 aliphatic carbocycles. The van der Waals surface area contributed by atoms with Crippen LogP contribution < -0.4 is 5.32 Å². The van der Waals surface area contributed by atoms with E-state index in [-0.39, 0.29) is 5.91 Å². The maximum Gasteiger partial charge on any atom is 0.253 e. The van der Waals surface area contributed by atoms with E-state index in [4.69, 9.17) is 9.15 Å². The van der Waals surface area contributed by atoms with Gasteiger partial charge >= 0.3 is 0 Å². The highest BCUT2D eigenvalue weighted by atomic mass is 16.5. The first-order valence-electron chi connectivity index (χ1n) is 6.54. The van der Waals surface area contributed by atoms with Crippen LogP contribution >= 0.6 is 0 Å². The largest absolute Gasteiger partial charge is 0.421 e. The molecule has 0 saturated carbocycles. The smallest absolute Gasteiger partial charge is 0.253 e. The maximum absolute atomic E-state index is 11.9. The minimum atomic E-state index is -0.540. The van der Waals surface area contributed by atoms with Gasteiger partial charge in [0.1, 0.15) is 6.10 Å². The summed E-state index contributed by atoms with van der Waals surface area (Å²) in [4.78, 5) is 11.9. The molecule has 1 heterocycles. The molecule has 0 bridgehead atoms. The second kappa shape index (κ2) is 6.81. The summed E-state index contributed by atoms with van der Waals surface area (Å²) in [6, 6.07) is 7.15. The summed E-state index contributed by atoms with van der Waals surface area (Å²) in [7, 11) is 0. The lowest BCUT2D eigenvalue weighted by molar-refractivity contribution is -0.125. The first-order chi connectivity index (χ1) is 10.1. The maximum atomic E-state index is 11.9. The first kappa shape index (κ1) is 14.9. The average molecular weight is 287 g/mol. The second-order valence-electron chi connectivity index (χ2n) is 4.46. The fourth-order valence-corrected chi connectivity index (χ4v) is 1.64. The van der Waals surface area contributed by atoms with Gasteiger partial charge in [0.05, 0.1) is 6.61 Å². The van der Waals surface area contributed by atoms with E-state index in [1.54, 1.807) is 44.2 Å². The molecule has 0 aliphatic heterocycles. The van der Waals surface area contributed by atoms with Crippen molar-refractivity contribution in [2.45, 2.75) is 20.0 Å². The lowest BCUT2D eigenvalue weighted by Gasteiger charge is -2.12. The van der Waals surface area contributed by atoms with Gasteiger partial charge in [-0.05, 0) is 31.2 Å². The van der Waals surface area contributed by atoms with E-state index < -0.39 is 6.10 Å². The third kappa shape index (κ3) is 4.00. The van der Waals surface area contributed by atoms with E-state index in [1.807, 2.05) is 0 Å². The predicted octanol–water partition coefficient (Wildman–Crippen LogP) is 2.57. The monoisotopic (exact) mass is 287 g/mol. The lowest BCUT2D eigenvalue weighted by Crippen LogP contribution is -2.27. The highest BCUT2D eigenvalue weighted by Gasteiger charge is 2.13. The molecule has 110 valence electrons. The van der Waals surface area contributed by atoms with E-state index in [2.05, 4.69) is 22.1 Å². The molecule has 0 unspecified atom stereocenters. The van der Waals surface area contributed by atoms with Gasteiger partial charge in [-0.3, -0.25) is 4.79 Å². The number of carbonyl (C=O) groups excluding carboxylic acids is 1. The van der Waals surface area contributed by atoms with Crippen molar-refractivity contribution in [3.63, 3.8) is 0 Å². The Bertz CT molecular complexity index is 619. The molecule has 2 aromatic rings. The van der Waals surface area contributed by atoms with Crippen LogP contribution in [0.2, 0.25) is 0 Å². The van der Waals surface area contributed by atoms with Gasteiger partial charge in [0.15, 0.2) is 0 Å². The molecule has 1 aromatic heterocycles. The molecule has 1 amide bonds. The van der Waals surface area contributed by atoms with Crippen molar-refractivity contribution in [2.75, 3.05) is 11.9 Å². The quantitative estimate of drug-likeness (QED) is 0.826. The summed E-state index contributed by atoms with van der Waals surface area (Å²) in [5.41, 5.74) is 1.47. The fourth-order valence-electron chi connectivity index (χ4n) is 1.64. The van der Waals surface area contributed by atoms with Crippen LogP contribution in [-0.2, 0) is 9.53 Å². The molecule has 1 atom stereocenters. The van der Waals surface area contributed by atoms with Crippen LogP contribution in [0.1, 0.15) is 12.8 Å². The van der Waals surface area contributed by atoms with E-state index in [0.717, 1.165) is 5.56 Å². The molecule has 0 radical (unpaired) electrons. The van der Waals surface area contributed by atoms with Crippen LogP contribution in [-0.4, -0.2) is 28.8 Å². The van der Waals surface area contributed by atoms with Gasteiger partial charge in [-0.25, -0.2) is 0 Å². The van der Waals surface area contributed by atoms with Crippen molar-refractivity contribution in [1.29, 1.82) is 0 Å². The molecule has 6 heteroatoms. The van der Waals surface area contributed by atoms with Gasteiger partial charge < -0.3 is 14.5 Å².